The Morgan fingerprint density at radius 1 is 1.32 bits per heavy atom. The van der Waals surface area contributed by atoms with Gasteiger partial charge in [0.15, 0.2) is 0 Å². The predicted octanol–water partition coefficient (Wildman–Crippen LogP) is 3.38. The van der Waals surface area contributed by atoms with Crippen molar-refractivity contribution in [1.29, 1.82) is 0 Å². The minimum absolute atomic E-state index is 0.0212. The standard InChI is InChI=1S/C17H15NO6S/c1-10-12(18-16(24-10)13-4-3-7-25-13)8-14(19)23-9-11-5-6-22-15(11)17(20)21-2/h3-7H,8-9H2,1-2H3. The van der Waals surface area contributed by atoms with Gasteiger partial charge in [0.05, 0.1) is 30.4 Å². The minimum Gasteiger partial charge on any atom is -0.463 e. The minimum atomic E-state index is -0.621. The zero-order chi connectivity index (χ0) is 17.8. The maximum atomic E-state index is 12.1. The van der Waals surface area contributed by atoms with Crippen LogP contribution in [0.4, 0.5) is 0 Å². The molecule has 130 valence electrons. The van der Waals surface area contributed by atoms with E-state index in [0.29, 0.717) is 22.9 Å². The maximum absolute atomic E-state index is 12.1. The third kappa shape index (κ3) is 3.80. The molecule has 0 atom stereocenters. The highest BCUT2D eigenvalue weighted by atomic mass is 32.1. The van der Waals surface area contributed by atoms with Crippen LogP contribution in [0.5, 0.6) is 0 Å². The van der Waals surface area contributed by atoms with Crippen LogP contribution < -0.4 is 0 Å². The topological polar surface area (TPSA) is 91.8 Å². The average Bonchev–Trinajstić information content (AvgIpc) is 3.33. The Hall–Kier alpha value is -2.87. The molecule has 25 heavy (non-hydrogen) atoms. The van der Waals surface area contributed by atoms with Crippen molar-refractivity contribution < 1.29 is 27.9 Å². The third-order valence-corrected chi connectivity index (χ3v) is 4.30. The SMILES string of the molecule is COC(=O)c1occc1COC(=O)Cc1nc(-c2cccs2)oc1C. The molecule has 0 bridgehead atoms. The van der Waals surface area contributed by atoms with Gasteiger partial charge in [0.1, 0.15) is 12.4 Å². The van der Waals surface area contributed by atoms with Crippen LogP contribution in [-0.2, 0) is 27.3 Å². The van der Waals surface area contributed by atoms with Gasteiger partial charge in [-0.3, -0.25) is 4.79 Å². The number of nitrogens with zero attached hydrogens (tertiary/aromatic N) is 1. The van der Waals surface area contributed by atoms with Gasteiger partial charge < -0.3 is 18.3 Å². The molecular weight excluding hydrogens is 346 g/mol. The lowest BCUT2D eigenvalue weighted by atomic mass is 10.2. The van der Waals surface area contributed by atoms with Gasteiger partial charge in [0.25, 0.3) is 0 Å². The first kappa shape index (κ1) is 17.0. The number of hydrogen-bond acceptors (Lipinski definition) is 8. The van der Waals surface area contributed by atoms with E-state index >= 15 is 0 Å². The second kappa shape index (κ2) is 7.35. The van der Waals surface area contributed by atoms with E-state index in [1.165, 1.54) is 24.7 Å². The first-order chi connectivity index (χ1) is 12.1. The van der Waals surface area contributed by atoms with Gasteiger partial charge >= 0.3 is 11.9 Å². The fraction of sp³-hybridized carbons (Fsp3) is 0.235. The fourth-order valence-electron chi connectivity index (χ4n) is 2.16. The van der Waals surface area contributed by atoms with E-state index in [-0.39, 0.29) is 18.8 Å². The van der Waals surface area contributed by atoms with Crippen molar-refractivity contribution in [2.75, 3.05) is 7.11 Å². The van der Waals surface area contributed by atoms with Gasteiger partial charge in [-0.15, -0.1) is 11.3 Å². The summed E-state index contributed by atoms with van der Waals surface area (Å²) in [4.78, 5) is 28.8. The Morgan fingerprint density at radius 2 is 2.16 bits per heavy atom. The molecule has 8 heteroatoms. The number of ether oxygens (including phenoxy) is 2. The van der Waals surface area contributed by atoms with E-state index in [2.05, 4.69) is 9.72 Å². The molecule has 0 aliphatic rings. The van der Waals surface area contributed by atoms with Gasteiger partial charge in [0, 0.05) is 5.56 Å². The van der Waals surface area contributed by atoms with Gasteiger partial charge in [-0.25, -0.2) is 9.78 Å². The maximum Gasteiger partial charge on any atom is 0.374 e. The molecule has 0 aliphatic carbocycles. The van der Waals surface area contributed by atoms with Gasteiger partial charge in [-0.1, -0.05) is 6.07 Å². The van der Waals surface area contributed by atoms with Crippen molar-refractivity contribution >= 4 is 23.3 Å². The number of thiophene rings is 1. The number of aryl methyl sites for hydroxylation is 1. The van der Waals surface area contributed by atoms with Gasteiger partial charge in [-0.2, -0.15) is 0 Å². The number of hydrogen-bond donors (Lipinski definition) is 0. The van der Waals surface area contributed by atoms with Gasteiger partial charge in [-0.05, 0) is 24.4 Å². The van der Waals surface area contributed by atoms with Crippen LogP contribution in [0.15, 0.2) is 38.7 Å². The summed E-state index contributed by atoms with van der Waals surface area (Å²) in [7, 11) is 1.25. The average molecular weight is 361 g/mol. The first-order valence-electron chi connectivity index (χ1n) is 7.39. The Labute approximate surface area is 147 Å². The summed E-state index contributed by atoms with van der Waals surface area (Å²) in [5.41, 5.74) is 0.963. The smallest absolute Gasteiger partial charge is 0.374 e. The Kier molecular flexibility index (Phi) is 4.99. The summed E-state index contributed by atoms with van der Waals surface area (Å²) in [5, 5.41) is 1.92. The van der Waals surface area contributed by atoms with Crippen molar-refractivity contribution in [3.05, 3.63) is 52.6 Å². The third-order valence-electron chi connectivity index (χ3n) is 3.44. The van der Waals surface area contributed by atoms with E-state index in [9.17, 15) is 9.59 Å². The lowest BCUT2D eigenvalue weighted by Gasteiger charge is -2.03. The molecule has 0 fully saturated rings. The van der Waals surface area contributed by atoms with Crippen molar-refractivity contribution in [1.82, 2.24) is 4.98 Å². The zero-order valence-corrected chi connectivity index (χ0v) is 14.4. The summed E-state index contributed by atoms with van der Waals surface area (Å²) in [6, 6.07) is 5.35. The van der Waals surface area contributed by atoms with E-state index in [1.54, 1.807) is 13.0 Å². The Morgan fingerprint density at radius 3 is 2.88 bits per heavy atom. The number of esters is 2. The van der Waals surface area contributed by atoms with E-state index in [4.69, 9.17) is 13.6 Å². The number of furan rings is 1. The molecule has 3 heterocycles. The Bertz CT molecular complexity index is 877. The quantitative estimate of drug-likeness (QED) is 0.622. The van der Waals surface area contributed by atoms with E-state index in [1.807, 2.05) is 17.5 Å². The largest absolute Gasteiger partial charge is 0.463 e. The van der Waals surface area contributed by atoms with E-state index < -0.39 is 11.9 Å². The van der Waals surface area contributed by atoms with Crippen molar-refractivity contribution in [2.24, 2.45) is 0 Å². The lowest BCUT2D eigenvalue weighted by Crippen LogP contribution is -2.11. The van der Waals surface area contributed by atoms with Crippen LogP contribution in [0.25, 0.3) is 10.8 Å². The normalized spacial score (nSPS) is 10.6. The molecule has 3 aromatic heterocycles. The van der Waals surface area contributed by atoms with E-state index in [0.717, 1.165) is 4.88 Å². The number of methoxy groups -OCH3 is 1. The zero-order valence-electron chi connectivity index (χ0n) is 13.6. The van der Waals surface area contributed by atoms with Crippen LogP contribution in [0.1, 0.15) is 27.6 Å². The van der Waals surface area contributed by atoms with Crippen molar-refractivity contribution in [3.8, 4) is 10.8 Å². The number of aromatic nitrogens is 1. The van der Waals surface area contributed by atoms with Crippen LogP contribution in [0.3, 0.4) is 0 Å². The second-order valence-electron chi connectivity index (χ2n) is 5.10. The number of carbonyl (C=O) groups excluding carboxylic acids is 2. The summed E-state index contributed by atoms with van der Waals surface area (Å²) in [5.74, 6) is -0.0277. The van der Waals surface area contributed by atoms with Crippen LogP contribution >= 0.6 is 11.3 Å². The molecule has 0 saturated heterocycles. The molecule has 0 amide bonds. The fourth-order valence-corrected chi connectivity index (χ4v) is 2.81. The van der Waals surface area contributed by atoms with Crippen molar-refractivity contribution in [2.45, 2.75) is 20.0 Å². The molecule has 0 unspecified atom stereocenters. The number of carbonyl (C=O) groups is 2. The molecule has 0 saturated carbocycles. The monoisotopic (exact) mass is 361 g/mol. The molecule has 7 nitrogen and oxygen atoms in total. The molecule has 0 radical (unpaired) electrons. The molecule has 3 aromatic rings. The van der Waals surface area contributed by atoms with Crippen LogP contribution in [0, 0.1) is 6.92 Å². The first-order valence-corrected chi connectivity index (χ1v) is 8.27. The molecule has 0 N–H and O–H groups in total. The highest BCUT2D eigenvalue weighted by Gasteiger charge is 2.19. The highest BCUT2D eigenvalue weighted by Crippen LogP contribution is 2.26. The van der Waals surface area contributed by atoms with Gasteiger partial charge in [0.2, 0.25) is 11.7 Å². The summed E-state index contributed by atoms with van der Waals surface area (Å²) < 4.78 is 20.4. The molecule has 3 rings (SSSR count). The summed E-state index contributed by atoms with van der Waals surface area (Å²) in [6.45, 7) is 1.66. The molecule has 0 aliphatic heterocycles. The lowest BCUT2D eigenvalue weighted by molar-refractivity contribution is -0.144. The molecular formula is C17H15NO6S. The number of oxazole rings is 1. The highest BCUT2D eigenvalue weighted by molar-refractivity contribution is 7.13. The van der Waals surface area contributed by atoms with Crippen LogP contribution in [0.2, 0.25) is 0 Å². The predicted molar refractivity (Wildman–Crippen MR) is 88.1 cm³/mol. The summed E-state index contributed by atoms with van der Waals surface area (Å²) >= 11 is 1.51. The van der Waals surface area contributed by atoms with Crippen LogP contribution in [-0.4, -0.2) is 24.0 Å². The molecule has 0 spiro atoms. The van der Waals surface area contributed by atoms with Crippen molar-refractivity contribution in [3.63, 3.8) is 0 Å². The summed E-state index contributed by atoms with van der Waals surface area (Å²) in [6.07, 6.45) is 1.32. The Balaban J connectivity index is 1.62. The molecule has 0 aromatic carbocycles. The number of rotatable bonds is 6. The second-order valence-corrected chi connectivity index (χ2v) is 6.05.